The van der Waals surface area contributed by atoms with Crippen molar-refractivity contribution in [3.63, 3.8) is 0 Å². The van der Waals surface area contributed by atoms with Gasteiger partial charge in [0.05, 0.1) is 18.7 Å². The smallest absolute Gasteiger partial charge is 0.225 e. The Hall–Kier alpha value is -2.21. The van der Waals surface area contributed by atoms with Crippen LogP contribution < -0.4 is 5.32 Å². The van der Waals surface area contributed by atoms with E-state index < -0.39 is 0 Å². The maximum Gasteiger partial charge on any atom is 0.225 e. The fraction of sp³-hybridized carbons (Fsp3) is 0.368. The highest BCUT2D eigenvalue weighted by atomic mass is 32.2. The Morgan fingerprint density at radius 1 is 1.24 bits per heavy atom. The maximum absolute atomic E-state index is 12.3. The molecule has 1 N–H and O–H groups in total. The first kappa shape index (κ1) is 17.6. The number of hydrogen-bond acceptors (Lipinski definition) is 4. The van der Waals surface area contributed by atoms with E-state index in [1.54, 1.807) is 29.0 Å². The summed E-state index contributed by atoms with van der Waals surface area (Å²) in [5.74, 6) is 1.42. The lowest BCUT2D eigenvalue weighted by molar-refractivity contribution is -0.129. The van der Waals surface area contributed by atoms with Gasteiger partial charge < -0.3 is 14.6 Å². The van der Waals surface area contributed by atoms with Gasteiger partial charge in [0.1, 0.15) is 5.76 Å². The van der Waals surface area contributed by atoms with Gasteiger partial charge in [0, 0.05) is 24.4 Å². The minimum Gasteiger partial charge on any atom is -0.467 e. The Balaban J connectivity index is 1.35. The summed E-state index contributed by atoms with van der Waals surface area (Å²) in [6, 6.07) is 13.9. The molecule has 0 saturated carbocycles. The molecule has 0 radical (unpaired) electrons. The Labute approximate surface area is 151 Å². The van der Waals surface area contributed by atoms with Gasteiger partial charge in [-0.25, -0.2) is 0 Å². The third-order valence-electron chi connectivity index (χ3n) is 4.14. The van der Waals surface area contributed by atoms with Gasteiger partial charge in [-0.15, -0.1) is 11.8 Å². The lowest BCUT2D eigenvalue weighted by Crippen LogP contribution is -2.33. The van der Waals surface area contributed by atoms with E-state index in [0.29, 0.717) is 19.6 Å². The SMILES string of the molecule is O=C(NCCCSc1ccccc1)[C@H]1CC(=O)N(Cc2ccco2)C1. The van der Waals surface area contributed by atoms with Crippen LogP contribution in [0.1, 0.15) is 18.6 Å². The molecule has 1 aromatic carbocycles. The quantitative estimate of drug-likeness (QED) is 0.582. The third-order valence-corrected chi connectivity index (χ3v) is 5.24. The third kappa shape index (κ3) is 5.13. The average Bonchev–Trinajstić information content (AvgIpc) is 3.26. The van der Waals surface area contributed by atoms with Crippen LogP contribution in [0.25, 0.3) is 0 Å². The molecule has 2 heterocycles. The van der Waals surface area contributed by atoms with Gasteiger partial charge in [-0.2, -0.15) is 0 Å². The van der Waals surface area contributed by atoms with E-state index in [0.717, 1.165) is 17.9 Å². The van der Waals surface area contributed by atoms with Crippen molar-refractivity contribution in [2.45, 2.75) is 24.3 Å². The fourth-order valence-electron chi connectivity index (χ4n) is 2.83. The molecule has 1 aromatic heterocycles. The van der Waals surface area contributed by atoms with Crippen molar-refractivity contribution in [3.05, 3.63) is 54.5 Å². The molecule has 1 atom stereocenters. The van der Waals surface area contributed by atoms with Crippen molar-refractivity contribution < 1.29 is 14.0 Å². The largest absolute Gasteiger partial charge is 0.467 e. The van der Waals surface area contributed by atoms with E-state index in [1.165, 1.54) is 4.90 Å². The molecular formula is C19H22N2O3S. The van der Waals surface area contributed by atoms with Crippen LogP contribution in [0.5, 0.6) is 0 Å². The zero-order valence-corrected chi connectivity index (χ0v) is 14.8. The van der Waals surface area contributed by atoms with Gasteiger partial charge in [-0.05, 0) is 36.4 Å². The summed E-state index contributed by atoms with van der Waals surface area (Å²) in [5.41, 5.74) is 0. The second-order valence-corrected chi connectivity index (χ2v) is 7.23. The van der Waals surface area contributed by atoms with Crippen LogP contribution in [0.3, 0.4) is 0 Å². The first-order chi connectivity index (χ1) is 12.2. The number of carbonyl (C=O) groups is 2. The molecule has 6 heteroatoms. The molecule has 0 bridgehead atoms. The molecule has 5 nitrogen and oxygen atoms in total. The molecule has 1 fully saturated rings. The van der Waals surface area contributed by atoms with Crippen molar-refractivity contribution in [3.8, 4) is 0 Å². The summed E-state index contributed by atoms with van der Waals surface area (Å²) in [6.07, 6.45) is 2.78. The van der Waals surface area contributed by atoms with Crippen molar-refractivity contribution >= 4 is 23.6 Å². The van der Waals surface area contributed by atoms with Crippen LogP contribution >= 0.6 is 11.8 Å². The predicted octanol–water partition coefficient (Wildman–Crippen LogP) is 2.93. The van der Waals surface area contributed by atoms with E-state index in [4.69, 9.17) is 4.42 Å². The van der Waals surface area contributed by atoms with Gasteiger partial charge in [-0.3, -0.25) is 9.59 Å². The predicted molar refractivity (Wildman–Crippen MR) is 97.0 cm³/mol. The molecule has 0 aliphatic carbocycles. The lowest BCUT2D eigenvalue weighted by atomic mass is 10.1. The minimum atomic E-state index is -0.260. The van der Waals surface area contributed by atoms with Crippen LogP contribution in [0.4, 0.5) is 0 Å². The zero-order valence-electron chi connectivity index (χ0n) is 14.0. The first-order valence-corrected chi connectivity index (χ1v) is 9.46. The van der Waals surface area contributed by atoms with Crippen LogP contribution in [-0.2, 0) is 16.1 Å². The highest BCUT2D eigenvalue weighted by Gasteiger charge is 2.34. The van der Waals surface area contributed by atoms with Crippen molar-refractivity contribution in [2.24, 2.45) is 5.92 Å². The Bertz CT molecular complexity index is 688. The van der Waals surface area contributed by atoms with E-state index in [1.807, 2.05) is 24.3 Å². The molecule has 132 valence electrons. The van der Waals surface area contributed by atoms with Gasteiger partial charge in [-0.1, -0.05) is 18.2 Å². The molecule has 1 saturated heterocycles. The van der Waals surface area contributed by atoms with Gasteiger partial charge >= 0.3 is 0 Å². The van der Waals surface area contributed by atoms with E-state index in [-0.39, 0.29) is 24.2 Å². The number of hydrogen-bond donors (Lipinski definition) is 1. The summed E-state index contributed by atoms with van der Waals surface area (Å²) in [5, 5.41) is 2.96. The number of thioether (sulfide) groups is 1. The summed E-state index contributed by atoms with van der Waals surface area (Å²) >= 11 is 1.78. The van der Waals surface area contributed by atoms with Gasteiger partial charge in [0.2, 0.25) is 11.8 Å². The highest BCUT2D eigenvalue weighted by molar-refractivity contribution is 7.99. The number of likely N-dealkylation sites (tertiary alicyclic amines) is 1. The van der Waals surface area contributed by atoms with Gasteiger partial charge in [0.15, 0.2) is 0 Å². The minimum absolute atomic E-state index is 0.0104. The van der Waals surface area contributed by atoms with Crippen LogP contribution in [-0.4, -0.2) is 35.6 Å². The number of amides is 2. The Kier molecular flexibility index (Phi) is 6.17. The fourth-order valence-corrected chi connectivity index (χ4v) is 3.70. The summed E-state index contributed by atoms with van der Waals surface area (Å²) in [6.45, 7) is 1.54. The topological polar surface area (TPSA) is 62.6 Å². The van der Waals surface area contributed by atoms with Crippen molar-refractivity contribution in [2.75, 3.05) is 18.8 Å². The Morgan fingerprint density at radius 3 is 2.84 bits per heavy atom. The number of carbonyl (C=O) groups excluding carboxylic acids is 2. The van der Waals surface area contributed by atoms with Gasteiger partial charge in [0.25, 0.3) is 0 Å². The van der Waals surface area contributed by atoms with E-state index >= 15 is 0 Å². The standard InChI is InChI=1S/C19H22N2O3S/c22-18-12-15(13-21(18)14-16-6-4-10-24-16)19(23)20-9-5-11-25-17-7-2-1-3-8-17/h1-4,6-8,10,15H,5,9,11-14H2,(H,20,23)/t15-/m0/s1. The zero-order chi connectivity index (χ0) is 17.5. The molecular weight excluding hydrogens is 336 g/mol. The summed E-state index contributed by atoms with van der Waals surface area (Å²) < 4.78 is 5.27. The number of furan rings is 1. The molecule has 0 unspecified atom stereocenters. The van der Waals surface area contributed by atoms with Crippen LogP contribution in [0, 0.1) is 5.92 Å². The molecule has 1 aliphatic rings. The summed E-state index contributed by atoms with van der Waals surface area (Å²) in [4.78, 5) is 27.2. The molecule has 3 rings (SSSR count). The molecule has 2 aromatic rings. The molecule has 2 amide bonds. The maximum atomic E-state index is 12.3. The summed E-state index contributed by atoms with van der Waals surface area (Å²) in [7, 11) is 0. The lowest BCUT2D eigenvalue weighted by Gasteiger charge is -2.15. The van der Waals surface area contributed by atoms with Crippen LogP contribution in [0.2, 0.25) is 0 Å². The first-order valence-electron chi connectivity index (χ1n) is 8.48. The highest BCUT2D eigenvalue weighted by Crippen LogP contribution is 2.21. The number of nitrogens with zero attached hydrogens (tertiary/aromatic N) is 1. The van der Waals surface area contributed by atoms with Crippen molar-refractivity contribution in [1.82, 2.24) is 10.2 Å². The van der Waals surface area contributed by atoms with Crippen molar-refractivity contribution in [1.29, 1.82) is 0 Å². The Morgan fingerprint density at radius 2 is 2.08 bits per heavy atom. The van der Waals surface area contributed by atoms with E-state index in [9.17, 15) is 9.59 Å². The number of rotatable bonds is 8. The second kappa shape index (κ2) is 8.76. The molecule has 25 heavy (non-hydrogen) atoms. The average molecular weight is 358 g/mol. The molecule has 1 aliphatic heterocycles. The monoisotopic (exact) mass is 358 g/mol. The number of nitrogens with one attached hydrogen (secondary N) is 1. The second-order valence-electron chi connectivity index (χ2n) is 6.06. The van der Waals surface area contributed by atoms with E-state index in [2.05, 4.69) is 17.4 Å². The number of benzene rings is 1. The van der Waals surface area contributed by atoms with Crippen LogP contribution in [0.15, 0.2) is 58.0 Å². The molecule has 0 spiro atoms. The normalized spacial score (nSPS) is 17.0.